The molecule has 112 valence electrons. The summed E-state index contributed by atoms with van der Waals surface area (Å²) in [6.07, 6.45) is 3.38. The number of nitrogens with zero attached hydrogens (tertiary/aromatic N) is 2. The van der Waals surface area contributed by atoms with Gasteiger partial charge < -0.3 is 20.7 Å². The van der Waals surface area contributed by atoms with Crippen LogP contribution in [0.15, 0.2) is 41.5 Å². The molecular weight excluding hydrogens is 268 g/mol. The van der Waals surface area contributed by atoms with Crippen LogP contribution in [0.2, 0.25) is 0 Å². The molecule has 0 aliphatic rings. The fourth-order valence-electron chi connectivity index (χ4n) is 2.01. The van der Waals surface area contributed by atoms with Gasteiger partial charge in [0.1, 0.15) is 0 Å². The maximum Gasteiger partial charge on any atom is 0.293 e. The summed E-state index contributed by atoms with van der Waals surface area (Å²) in [7, 11) is 0. The SMILES string of the molecule is CCCn1ccnc(NCC(O)c2ccc(N)cc2)c1=O. The van der Waals surface area contributed by atoms with Crippen molar-refractivity contribution in [1.82, 2.24) is 9.55 Å². The lowest BCUT2D eigenvalue weighted by Gasteiger charge is -2.13. The van der Waals surface area contributed by atoms with Gasteiger partial charge in [-0.05, 0) is 24.1 Å². The number of nitrogens with one attached hydrogen (secondary N) is 1. The third-order valence-corrected chi connectivity index (χ3v) is 3.16. The number of nitrogen functional groups attached to an aromatic ring is 1. The Morgan fingerprint density at radius 2 is 2.10 bits per heavy atom. The molecule has 1 aromatic carbocycles. The molecule has 2 rings (SSSR count). The fourth-order valence-corrected chi connectivity index (χ4v) is 2.01. The molecule has 0 amide bonds. The first kappa shape index (κ1) is 15.1. The summed E-state index contributed by atoms with van der Waals surface area (Å²) in [4.78, 5) is 16.1. The monoisotopic (exact) mass is 288 g/mol. The van der Waals surface area contributed by atoms with Gasteiger partial charge in [0.15, 0.2) is 5.82 Å². The zero-order valence-corrected chi connectivity index (χ0v) is 12.0. The molecule has 0 bridgehead atoms. The number of aromatic nitrogens is 2. The van der Waals surface area contributed by atoms with Gasteiger partial charge >= 0.3 is 0 Å². The molecule has 1 heterocycles. The van der Waals surface area contributed by atoms with Crippen molar-refractivity contribution in [3.63, 3.8) is 0 Å². The lowest BCUT2D eigenvalue weighted by molar-refractivity contribution is 0.191. The van der Waals surface area contributed by atoms with Crippen molar-refractivity contribution in [3.05, 3.63) is 52.6 Å². The molecule has 0 aliphatic carbocycles. The number of nitrogens with two attached hydrogens (primary N) is 1. The van der Waals surface area contributed by atoms with Gasteiger partial charge in [-0.1, -0.05) is 19.1 Å². The highest BCUT2D eigenvalue weighted by atomic mass is 16.3. The van der Waals surface area contributed by atoms with Gasteiger partial charge in [-0.25, -0.2) is 4.98 Å². The zero-order valence-electron chi connectivity index (χ0n) is 12.0. The van der Waals surface area contributed by atoms with E-state index in [1.165, 1.54) is 0 Å². The first-order chi connectivity index (χ1) is 10.1. The summed E-state index contributed by atoms with van der Waals surface area (Å²) in [6.45, 7) is 2.86. The first-order valence-corrected chi connectivity index (χ1v) is 6.94. The van der Waals surface area contributed by atoms with Crippen molar-refractivity contribution in [1.29, 1.82) is 0 Å². The van der Waals surface area contributed by atoms with Crippen LogP contribution < -0.4 is 16.6 Å². The molecule has 1 unspecified atom stereocenters. The normalized spacial score (nSPS) is 12.1. The van der Waals surface area contributed by atoms with E-state index in [2.05, 4.69) is 10.3 Å². The van der Waals surface area contributed by atoms with Crippen molar-refractivity contribution in [2.24, 2.45) is 0 Å². The second-order valence-electron chi connectivity index (χ2n) is 4.84. The van der Waals surface area contributed by atoms with E-state index in [-0.39, 0.29) is 17.9 Å². The molecule has 0 fully saturated rings. The molecule has 0 saturated carbocycles. The Morgan fingerprint density at radius 1 is 1.38 bits per heavy atom. The van der Waals surface area contributed by atoms with Crippen LogP contribution in [-0.4, -0.2) is 21.2 Å². The molecule has 6 nitrogen and oxygen atoms in total. The second kappa shape index (κ2) is 6.90. The molecule has 21 heavy (non-hydrogen) atoms. The molecule has 0 aliphatic heterocycles. The number of rotatable bonds is 6. The fraction of sp³-hybridized carbons (Fsp3) is 0.333. The summed E-state index contributed by atoms with van der Waals surface area (Å²) in [5.74, 6) is 0.250. The Morgan fingerprint density at radius 3 is 2.76 bits per heavy atom. The molecular formula is C15H20N4O2. The van der Waals surface area contributed by atoms with Gasteiger partial charge in [-0.15, -0.1) is 0 Å². The number of aliphatic hydroxyl groups is 1. The Bertz CT molecular complexity index is 637. The van der Waals surface area contributed by atoms with Crippen LogP contribution in [-0.2, 0) is 6.54 Å². The Balaban J connectivity index is 2.04. The third kappa shape index (κ3) is 3.82. The van der Waals surface area contributed by atoms with E-state index >= 15 is 0 Å². The van der Waals surface area contributed by atoms with Gasteiger partial charge in [0.25, 0.3) is 5.56 Å². The van der Waals surface area contributed by atoms with Gasteiger partial charge in [-0.3, -0.25) is 4.79 Å². The van der Waals surface area contributed by atoms with E-state index in [0.29, 0.717) is 12.2 Å². The molecule has 2 aromatic rings. The average molecular weight is 288 g/mol. The number of hydrogen-bond acceptors (Lipinski definition) is 5. The molecule has 0 radical (unpaired) electrons. The molecule has 6 heteroatoms. The molecule has 1 aromatic heterocycles. The topological polar surface area (TPSA) is 93.2 Å². The lowest BCUT2D eigenvalue weighted by Crippen LogP contribution is -2.26. The Labute approximate surface area is 123 Å². The van der Waals surface area contributed by atoms with Crippen molar-refractivity contribution in [2.45, 2.75) is 26.0 Å². The van der Waals surface area contributed by atoms with E-state index in [9.17, 15) is 9.90 Å². The quantitative estimate of drug-likeness (QED) is 0.698. The van der Waals surface area contributed by atoms with Crippen LogP contribution in [0, 0.1) is 0 Å². The summed E-state index contributed by atoms with van der Waals surface area (Å²) < 4.78 is 1.60. The predicted octanol–water partition coefficient (Wildman–Crippen LogP) is 1.38. The highest BCUT2D eigenvalue weighted by Gasteiger charge is 2.09. The van der Waals surface area contributed by atoms with Crippen molar-refractivity contribution in [3.8, 4) is 0 Å². The highest BCUT2D eigenvalue weighted by Crippen LogP contribution is 2.14. The minimum atomic E-state index is -0.730. The van der Waals surface area contributed by atoms with Gasteiger partial charge in [-0.2, -0.15) is 0 Å². The van der Waals surface area contributed by atoms with E-state index < -0.39 is 6.10 Å². The van der Waals surface area contributed by atoms with Gasteiger partial charge in [0.2, 0.25) is 0 Å². The van der Waals surface area contributed by atoms with Crippen LogP contribution in [0.1, 0.15) is 25.0 Å². The average Bonchev–Trinajstić information content (AvgIpc) is 2.49. The molecule has 0 saturated heterocycles. The van der Waals surface area contributed by atoms with E-state index in [1.54, 1.807) is 41.2 Å². The molecule has 4 N–H and O–H groups in total. The number of benzene rings is 1. The van der Waals surface area contributed by atoms with Crippen LogP contribution >= 0.6 is 0 Å². The van der Waals surface area contributed by atoms with E-state index in [1.807, 2.05) is 6.92 Å². The predicted molar refractivity (Wildman–Crippen MR) is 83.1 cm³/mol. The minimum Gasteiger partial charge on any atom is -0.399 e. The zero-order chi connectivity index (χ0) is 15.2. The van der Waals surface area contributed by atoms with Crippen LogP contribution in [0.5, 0.6) is 0 Å². The number of anilines is 2. The second-order valence-corrected chi connectivity index (χ2v) is 4.84. The maximum absolute atomic E-state index is 12.1. The summed E-state index contributed by atoms with van der Waals surface area (Å²) >= 11 is 0. The maximum atomic E-state index is 12.1. The standard InChI is InChI=1S/C15H20N4O2/c1-2-8-19-9-7-17-14(15(19)21)18-10-13(20)11-3-5-12(16)6-4-11/h3-7,9,13,20H,2,8,10,16H2,1H3,(H,17,18). The molecule has 0 spiro atoms. The minimum absolute atomic E-state index is 0.177. The number of hydrogen-bond donors (Lipinski definition) is 3. The van der Waals surface area contributed by atoms with Crippen molar-refractivity contribution in [2.75, 3.05) is 17.6 Å². The summed E-state index contributed by atoms with van der Waals surface area (Å²) in [5.41, 5.74) is 6.81. The van der Waals surface area contributed by atoms with E-state index in [0.717, 1.165) is 12.0 Å². The Kier molecular flexibility index (Phi) is 4.94. The van der Waals surface area contributed by atoms with Crippen LogP contribution in [0.25, 0.3) is 0 Å². The van der Waals surface area contributed by atoms with Crippen LogP contribution in [0.3, 0.4) is 0 Å². The third-order valence-electron chi connectivity index (χ3n) is 3.16. The Hall–Kier alpha value is -2.34. The van der Waals surface area contributed by atoms with Crippen molar-refractivity contribution >= 4 is 11.5 Å². The van der Waals surface area contributed by atoms with Gasteiger partial charge in [0, 0.05) is 31.2 Å². The van der Waals surface area contributed by atoms with E-state index in [4.69, 9.17) is 5.73 Å². The highest BCUT2D eigenvalue weighted by molar-refractivity contribution is 5.40. The smallest absolute Gasteiger partial charge is 0.293 e. The summed E-state index contributed by atoms with van der Waals surface area (Å²) in [5, 5.41) is 13.0. The van der Waals surface area contributed by atoms with Gasteiger partial charge in [0.05, 0.1) is 6.10 Å². The number of aliphatic hydroxyl groups excluding tert-OH is 1. The lowest BCUT2D eigenvalue weighted by atomic mass is 10.1. The van der Waals surface area contributed by atoms with Crippen molar-refractivity contribution < 1.29 is 5.11 Å². The number of aryl methyl sites for hydroxylation is 1. The molecule has 1 atom stereocenters. The summed E-state index contributed by atoms with van der Waals surface area (Å²) in [6, 6.07) is 6.98. The first-order valence-electron chi connectivity index (χ1n) is 6.94. The largest absolute Gasteiger partial charge is 0.399 e. The van der Waals surface area contributed by atoms with Crippen LogP contribution in [0.4, 0.5) is 11.5 Å².